The van der Waals surface area contributed by atoms with Crippen LogP contribution in [-0.2, 0) is 10.4 Å². The second kappa shape index (κ2) is 9.59. The summed E-state index contributed by atoms with van der Waals surface area (Å²) in [6.45, 7) is 25.3. The van der Waals surface area contributed by atoms with E-state index in [9.17, 15) is 0 Å². The third-order valence-electron chi connectivity index (χ3n) is 2.89. The van der Waals surface area contributed by atoms with E-state index in [1.165, 1.54) is 0 Å². The Morgan fingerprint density at radius 2 is 0.640 bits per heavy atom. The lowest BCUT2D eigenvalue weighted by atomic mass is 9.99. The fourth-order valence-corrected chi connectivity index (χ4v) is 2.01. The maximum Gasteiger partial charge on any atom is 0.394 e. The fraction of sp³-hybridized carbons (Fsp3) is 1.00. The van der Waals surface area contributed by atoms with Crippen LogP contribution in [0.1, 0.15) is 83.1 Å². The molecule has 0 bridgehead atoms. The van der Waals surface area contributed by atoms with E-state index in [1.807, 2.05) is 10.0 Å². The summed E-state index contributed by atoms with van der Waals surface area (Å²) in [5.74, 6) is 11.7. The molecule has 156 valence electrons. The smallest absolute Gasteiger partial charge is 0.268 e. The summed E-state index contributed by atoms with van der Waals surface area (Å²) in [5.41, 5.74) is 0.215. The number of hydrazine groups is 2. The van der Waals surface area contributed by atoms with Crippen molar-refractivity contribution < 1.29 is 17.5 Å². The number of hydrogen-bond donors (Lipinski definition) is 4. The Bertz CT molecular complexity index is 400. The SMILES string of the molecule is CC(C)(C)N(N)C(C)(C)C.CC(C)(C)N(N)C(C)(C)C.O=S(=O)(O)O. The third-order valence-corrected chi connectivity index (χ3v) is 2.89. The maximum atomic E-state index is 8.74. The number of nitrogens with zero attached hydrogens (tertiary/aromatic N) is 2. The number of rotatable bonds is 0. The van der Waals surface area contributed by atoms with Gasteiger partial charge in [0.25, 0.3) is 0 Å². The van der Waals surface area contributed by atoms with Crippen LogP contribution in [0.5, 0.6) is 0 Å². The second-order valence-electron chi connectivity index (χ2n) is 9.87. The van der Waals surface area contributed by atoms with Crippen molar-refractivity contribution in [2.24, 2.45) is 11.7 Å². The van der Waals surface area contributed by atoms with Gasteiger partial charge in [0, 0.05) is 22.2 Å². The van der Waals surface area contributed by atoms with Crippen molar-refractivity contribution in [1.29, 1.82) is 0 Å². The van der Waals surface area contributed by atoms with Crippen molar-refractivity contribution in [1.82, 2.24) is 10.0 Å². The van der Waals surface area contributed by atoms with Gasteiger partial charge in [-0.3, -0.25) is 20.8 Å². The van der Waals surface area contributed by atoms with Gasteiger partial charge in [0.1, 0.15) is 0 Å². The minimum Gasteiger partial charge on any atom is -0.268 e. The van der Waals surface area contributed by atoms with E-state index in [0.717, 1.165) is 0 Å². The first-order chi connectivity index (χ1) is 10.3. The van der Waals surface area contributed by atoms with Crippen LogP contribution in [0.3, 0.4) is 0 Å². The van der Waals surface area contributed by atoms with Crippen LogP contribution in [0.4, 0.5) is 0 Å². The molecule has 8 nitrogen and oxygen atoms in total. The predicted molar refractivity (Wildman–Crippen MR) is 105 cm³/mol. The standard InChI is InChI=1S/2C8H20N2.H2O4S/c2*1-7(2,3)10(9)8(4,5)6;1-5(2,3)4/h2*9H2,1-6H3;(H2,1,2,3,4). The molecule has 0 rings (SSSR count). The summed E-state index contributed by atoms with van der Waals surface area (Å²) < 4.78 is 31.6. The molecule has 0 aromatic carbocycles. The lowest BCUT2D eigenvalue weighted by Gasteiger charge is -2.41. The fourth-order valence-electron chi connectivity index (χ4n) is 2.01. The Labute approximate surface area is 155 Å². The number of nitrogens with two attached hydrogens (primary N) is 2. The molecule has 25 heavy (non-hydrogen) atoms. The van der Waals surface area contributed by atoms with E-state index in [2.05, 4.69) is 83.1 Å². The minimum atomic E-state index is -4.67. The second-order valence-corrected chi connectivity index (χ2v) is 10.8. The highest BCUT2D eigenvalue weighted by molar-refractivity contribution is 7.79. The van der Waals surface area contributed by atoms with Crippen molar-refractivity contribution in [3.05, 3.63) is 0 Å². The van der Waals surface area contributed by atoms with Crippen LogP contribution in [0.25, 0.3) is 0 Å². The van der Waals surface area contributed by atoms with Crippen LogP contribution in [0.15, 0.2) is 0 Å². The van der Waals surface area contributed by atoms with Gasteiger partial charge in [-0.2, -0.15) is 8.42 Å². The quantitative estimate of drug-likeness (QED) is 0.284. The first kappa shape index (κ1) is 29.5. The minimum absolute atomic E-state index is 0.0538. The highest BCUT2D eigenvalue weighted by Crippen LogP contribution is 2.20. The van der Waals surface area contributed by atoms with Crippen molar-refractivity contribution in [3.8, 4) is 0 Å². The Balaban J connectivity index is -0.000000308. The molecular formula is C16H42N4O4S. The largest absolute Gasteiger partial charge is 0.394 e. The van der Waals surface area contributed by atoms with Crippen molar-refractivity contribution in [2.75, 3.05) is 0 Å². The van der Waals surface area contributed by atoms with E-state index in [1.54, 1.807) is 0 Å². The predicted octanol–water partition coefficient (Wildman–Crippen LogP) is 2.87. The molecular weight excluding hydrogens is 344 g/mol. The first-order valence-corrected chi connectivity index (χ1v) is 9.51. The van der Waals surface area contributed by atoms with Crippen LogP contribution in [0.2, 0.25) is 0 Å². The molecule has 0 unspecified atom stereocenters. The van der Waals surface area contributed by atoms with Crippen LogP contribution >= 0.6 is 0 Å². The van der Waals surface area contributed by atoms with Gasteiger partial charge in [-0.15, -0.1) is 0 Å². The lowest BCUT2D eigenvalue weighted by molar-refractivity contribution is 0.0378. The molecule has 0 heterocycles. The molecule has 0 aliphatic heterocycles. The third kappa shape index (κ3) is 19.9. The molecule has 0 amide bonds. The molecule has 0 radical (unpaired) electrons. The zero-order valence-electron chi connectivity index (χ0n) is 18.2. The molecule has 0 saturated carbocycles. The Hall–Kier alpha value is -0.290. The number of hydrogen-bond acceptors (Lipinski definition) is 6. The normalized spacial score (nSPS) is 13.8. The van der Waals surface area contributed by atoms with Crippen molar-refractivity contribution in [3.63, 3.8) is 0 Å². The van der Waals surface area contributed by atoms with Gasteiger partial charge in [0.2, 0.25) is 0 Å². The van der Waals surface area contributed by atoms with E-state index >= 15 is 0 Å². The highest BCUT2D eigenvalue weighted by atomic mass is 32.3. The molecule has 9 heteroatoms. The summed E-state index contributed by atoms with van der Waals surface area (Å²) in [6, 6.07) is 0. The van der Waals surface area contributed by atoms with E-state index in [0.29, 0.717) is 0 Å². The molecule has 0 aliphatic carbocycles. The molecule has 0 aromatic heterocycles. The van der Waals surface area contributed by atoms with Gasteiger partial charge in [0.15, 0.2) is 0 Å². The molecule has 0 saturated heterocycles. The van der Waals surface area contributed by atoms with Crippen molar-refractivity contribution >= 4 is 10.4 Å². The molecule has 0 fully saturated rings. The average molecular weight is 387 g/mol. The topological polar surface area (TPSA) is 133 Å². The zero-order chi connectivity index (χ0) is 21.7. The lowest BCUT2D eigenvalue weighted by Crippen LogP contribution is -2.56. The molecule has 0 aromatic rings. The molecule has 0 aliphatic rings. The Morgan fingerprint density at radius 3 is 0.640 bits per heavy atom. The van der Waals surface area contributed by atoms with Gasteiger partial charge in [-0.05, 0) is 83.1 Å². The molecule has 0 spiro atoms. The Morgan fingerprint density at radius 1 is 0.560 bits per heavy atom. The van der Waals surface area contributed by atoms with Crippen LogP contribution in [-0.4, -0.2) is 49.7 Å². The first-order valence-electron chi connectivity index (χ1n) is 8.11. The van der Waals surface area contributed by atoms with E-state index in [-0.39, 0.29) is 22.2 Å². The monoisotopic (exact) mass is 386 g/mol. The zero-order valence-corrected chi connectivity index (χ0v) is 19.0. The molecule has 6 N–H and O–H groups in total. The maximum absolute atomic E-state index is 8.74. The summed E-state index contributed by atoms with van der Waals surface area (Å²) >= 11 is 0. The summed E-state index contributed by atoms with van der Waals surface area (Å²) in [4.78, 5) is 0. The summed E-state index contributed by atoms with van der Waals surface area (Å²) in [5, 5.41) is 3.75. The van der Waals surface area contributed by atoms with Crippen LogP contribution in [0, 0.1) is 0 Å². The summed E-state index contributed by atoms with van der Waals surface area (Å²) in [7, 11) is -4.67. The van der Waals surface area contributed by atoms with Crippen LogP contribution < -0.4 is 11.7 Å². The van der Waals surface area contributed by atoms with Crippen molar-refractivity contribution in [2.45, 2.75) is 105 Å². The van der Waals surface area contributed by atoms with Gasteiger partial charge in [0.05, 0.1) is 0 Å². The van der Waals surface area contributed by atoms with Gasteiger partial charge < -0.3 is 0 Å². The molecule has 0 atom stereocenters. The van der Waals surface area contributed by atoms with Gasteiger partial charge >= 0.3 is 10.4 Å². The van der Waals surface area contributed by atoms with E-state index < -0.39 is 10.4 Å². The Kier molecular flexibility index (Phi) is 11.3. The summed E-state index contributed by atoms with van der Waals surface area (Å²) in [6.07, 6.45) is 0. The average Bonchev–Trinajstić information content (AvgIpc) is 2.20. The van der Waals surface area contributed by atoms with E-state index in [4.69, 9.17) is 29.2 Å². The van der Waals surface area contributed by atoms with Gasteiger partial charge in [-0.25, -0.2) is 10.0 Å². The highest BCUT2D eigenvalue weighted by Gasteiger charge is 2.28. The van der Waals surface area contributed by atoms with Gasteiger partial charge in [-0.1, -0.05) is 0 Å².